The van der Waals surface area contributed by atoms with Gasteiger partial charge in [0.2, 0.25) is 5.91 Å². The molecule has 4 N–H and O–H groups in total. The van der Waals surface area contributed by atoms with Crippen molar-refractivity contribution in [3.8, 4) is 0 Å². The third-order valence-electron chi connectivity index (χ3n) is 6.44. The number of hydrogen-bond acceptors (Lipinski definition) is 3. The Morgan fingerprint density at radius 1 is 0.944 bits per heavy atom. The number of hydrogen-bond donors (Lipinski definition) is 3. The van der Waals surface area contributed by atoms with Gasteiger partial charge in [0.15, 0.2) is 0 Å². The Morgan fingerprint density at radius 3 is 2.22 bits per heavy atom. The zero-order valence-electron chi connectivity index (χ0n) is 21.9. The number of fused-ring (bicyclic) bond motifs is 1. The van der Waals surface area contributed by atoms with E-state index < -0.39 is 0 Å². The number of nitrogens with zero attached hydrogens (tertiary/aromatic N) is 1. The highest BCUT2D eigenvalue weighted by Gasteiger charge is 2.21. The summed E-state index contributed by atoms with van der Waals surface area (Å²) < 4.78 is 2.15. The van der Waals surface area contributed by atoms with Crippen LogP contribution in [0.4, 0.5) is 17.1 Å². The maximum Gasteiger partial charge on any atom is 0.272 e. The molecule has 1 aromatic heterocycles. The number of benzene rings is 2. The van der Waals surface area contributed by atoms with Crippen molar-refractivity contribution in [3.63, 3.8) is 0 Å². The number of carbonyl (C=O) groups excluding carboxylic acids is 2. The highest BCUT2D eigenvalue weighted by atomic mass is 127. The highest BCUT2D eigenvalue weighted by Crippen LogP contribution is 2.30. The molecule has 1 heterocycles. The Morgan fingerprint density at radius 2 is 1.58 bits per heavy atom. The van der Waals surface area contributed by atoms with E-state index in [0.717, 1.165) is 23.1 Å². The van der Waals surface area contributed by atoms with E-state index in [4.69, 9.17) is 5.73 Å². The Hall–Kier alpha value is -2.55. The summed E-state index contributed by atoms with van der Waals surface area (Å²) in [6.07, 6.45) is 6.63. The van der Waals surface area contributed by atoms with E-state index in [1.807, 2.05) is 62.1 Å². The van der Waals surface area contributed by atoms with Gasteiger partial charge in [-0.3, -0.25) is 9.59 Å². The summed E-state index contributed by atoms with van der Waals surface area (Å²) >= 11 is 2.15. The Balaban J connectivity index is 0.00000176. The fourth-order valence-corrected chi connectivity index (χ4v) is 4.81. The van der Waals surface area contributed by atoms with E-state index in [1.54, 1.807) is 12.1 Å². The van der Waals surface area contributed by atoms with Crippen LogP contribution in [0.3, 0.4) is 0 Å². The summed E-state index contributed by atoms with van der Waals surface area (Å²) in [5, 5.41) is 6.98. The lowest BCUT2D eigenvalue weighted by Gasteiger charge is -2.23. The number of halogens is 1. The number of amides is 2. The van der Waals surface area contributed by atoms with Crippen LogP contribution in [-0.4, -0.2) is 21.3 Å². The normalized spacial score (nSPS) is 14.1. The second kappa shape index (κ2) is 12.6. The minimum absolute atomic E-state index is 0.00481. The molecular weight excluding hydrogens is 563 g/mol. The molecule has 194 valence electrons. The molecule has 1 aliphatic carbocycles. The maximum atomic E-state index is 13.3. The molecule has 0 bridgehead atoms. The van der Waals surface area contributed by atoms with Crippen molar-refractivity contribution in [3.05, 3.63) is 54.2 Å². The lowest BCUT2D eigenvalue weighted by molar-refractivity contribution is -0.117. The quantitative estimate of drug-likeness (QED) is 0.155. The first kappa shape index (κ1) is 28.0. The van der Waals surface area contributed by atoms with Gasteiger partial charge < -0.3 is 20.9 Å². The molecule has 1 fully saturated rings. The average Bonchev–Trinajstić information content (AvgIpc) is 3.19. The molecule has 1 aliphatic rings. The number of aromatic nitrogens is 1. The van der Waals surface area contributed by atoms with Crippen molar-refractivity contribution >= 4 is 62.4 Å². The lowest BCUT2D eigenvalue weighted by atomic mass is 9.89. The number of nitrogens with two attached hydrogens (primary N) is 1. The van der Waals surface area contributed by atoms with E-state index in [2.05, 4.69) is 37.8 Å². The van der Waals surface area contributed by atoms with E-state index in [-0.39, 0.29) is 17.2 Å². The van der Waals surface area contributed by atoms with Crippen LogP contribution in [0.5, 0.6) is 0 Å². The summed E-state index contributed by atoms with van der Waals surface area (Å²) in [5.74, 6) is 0.420. The first-order valence-corrected chi connectivity index (χ1v) is 14.8. The van der Waals surface area contributed by atoms with Crippen LogP contribution < -0.4 is 16.4 Å². The van der Waals surface area contributed by atoms with Crippen molar-refractivity contribution in [2.24, 2.45) is 11.3 Å². The molecular formula is C29H39IN4O2. The van der Waals surface area contributed by atoms with Crippen LogP contribution in [0.15, 0.2) is 48.5 Å². The Kier molecular flexibility index (Phi) is 9.82. The van der Waals surface area contributed by atoms with Gasteiger partial charge in [-0.2, -0.15) is 0 Å². The second-order valence-electron chi connectivity index (χ2n) is 10.8. The van der Waals surface area contributed by atoms with E-state index in [9.17, 15) is 9.59 Å². The fraction of sp³-hybridized carbons (Fsp3) is 0.448. The van der Waals surface area contributed by atoms with Crippen molar-refractivity contribution < 1.29 is 9.59 Å². The third kappa shape index (κ3) is 7.72. The van der Waals surface area contributed by atoms with Crippen molar-refractivity contribution in [2.45, 2.75) is 65.8 Å². The Labute approximate surface area is 228 Å². The van der Waals surface area contributed by atoms with Crippen LogP contribution in [0, 0.1) is 11.3 Å². The first-order valence-electron chi connectivity index (χ1n) is 12.7. The zero-order valence-corrected chi connectivity index (χ0v) is 24.0. The molecule has 0 saturated heterocycles. The highest BCUT2D eigenvalue weighted by molar-refractivity contribution is 14.1. The van der Waals surface area contributed by atoms with Gasteiger partial charge in [0.05, 0.1) is 0 Å². The predicted octanol–water partition coefficient (Wildman–Crippen LogP) is 7.48. The number of carbonyl (C=O) groups is 2. The van der Waals surface area contributed by atoms with Crippen molar-refractivity contribution in [1.29, 1.82) is 0 Å². The molecule has 0 unspecified atom stereocenters. The summed E-state index contributed by atoms with van der Waals surface area (Å²) in [6, 6.07) is 15.0. The lowest BCUT2D eigenvalue weighted by Crippen LogP contribution is -2.21. The summed E-state index contributed by atoms with van der Waals surface area (Å²) in [5.41, 5.74) is 9.48. The van der Waals surface area contributed by atoms with Gasteiger partial charge in [-0.05, 0) is 77.6 Å². The maximum absolute atomic E-state index is 13.3. The minimum atomic E-state index is -0.143. The molecule has 0 radical (unpaired) electrons. The topological polar surface area (TPSA) is 89.2 Å². The number of alkyl halides is 1. The summed E-state index contributed by atoms with van der Waals surface area (Å²) in [6.45, 7) is 6.97. The molecule has 2 aromatic carbocycles. The molecule has 3 aromatic rings. The van der Waals surface area contributed by atoms with Gasteiger partial charge in [0.25, 0.3) is 5.91 Å². The minimum Gasteiger partial charge on any atom is -0.399 e. The number of anilines is 3. The predicted molar refractivity (Wildman–Crippen MR) is 160 cm³/mol. The molecule has 6 nitrogen and oxygen atoms in total. The SMILES string of the molecule is CC(C)(C)CC(=O)Nc1ccc2c(c1)cc(C(=O)Nc1ccc(N)cc1)n2CC1CCCCC1.CI. The van der Waals surface area contributed by atoms with Crippen molar-refractivity contribution in [2.75, 3.05) is 21.3 Å². The molecule has 1 saturated carbocycles. The van der Waals surface area contributed by atoms with Gasteiger partial charge in [0, 0.05) is 40.9 Å². The number of nitrogens with one attached hydrogen (secondary N) is 2. The smallest absolute Gasteiger partial charge is 0.272 e. The molecule has 0 atom stereocenters. The summed E-state index contributed by atoms with van der Waals surface area (Å²) in [7, 11) is 0. The van der Waals surface area contributed by atoms with E-state index in [0.29, 0.717) is 29.4 Å². The van der Waals surface area contributed by atoms with Gasteiger partial charge in [-0.25, -0.2) is 0 Å². The molecule has 0 spiro atoms. The van der Waals surface area contributed by atoms with Crippen LogP contribution >= 0.6 is 22.6 Å². The summed E-state index contributed by atoms with van der Waals surface area (Å²) in [4.78, 5) is 27.7. The van der Waals surface area contributed by atoms with Crippen LogP contribution in [0.2, 0.25) is 0 Å². The number of rotatable bonds is 6. The largest absolute Gasteiger partial charge is 0.399 e. The molecule has 0 aliphatic heterocycles. The monoisotopic (exact) mass is 602 g/mol. The van der Waals surface area contributed by atoms with Crippen molar-refractivity contribution in [1.82, 2.24) is 4.57 Å². The van der Waals surface area contributed by atoms with Crippen LogP contribution in [-0.2, 0) is 11.3 Å². The fourth-order valence-electron chi connectivity index (χ4n) is 4.81. The van der Waals surface area contributed by atoms with Gasteiger partial charge >= 0.3 is 0 Å². The third-order valence-corrected chi connectivity index (χ3v) is 6.44. The number of nitrogen functional groups attached to an aromatic ring is 1. The van der Waals surface area contributed by atoms with Crippen LogP contribution in [0.1, 0.15) is 69.8 Å². The molecule has 7 heteroatoms. The van der Waals surface area contributed by atoms with Gasteiger partial charge in [-0.15, -0.1) is 0 Å². The van der Waals surface area contributed by atoms with E-state index in [1.165, 1.54) is 32.1 Å². The standard InChI is InChI=1S/C28H36N4O2.CH3I/c1-28(2,3)17-26(33)30-23-13-14-24-20(15-23)16-25(32(24)18-19-7-5-4-6-8-19)27(34)31-22-11-9-21(29)10-12-22;1-2/h9-16,19H,4-8,17-18,29H2,1-3H3,(H,30,33)(H,31,34);1H3. The van der Waals surface area contributed by atoms with Crippen LogP contribution in [0.25, 0.3) is 10.9 Å². The second-order valence-corrected chi connectivity index (χ2v) is 10.8. The van der Waals surface area contributed by atoms with Gasteiger partial charge in [0.1, 0.15) is 5.69 Å². The van der Waals surface area contributed by atoms with E-state index >= 15 is 0 Å². The molecule has 36 heavy (non-hydrogen) atoms. The Bertz CT molecular complexity index is 1170. The van der Waals surface area contributed by atoms with Gasteiger partial charge in [-0.1, -0.05) is 62.6 Å². The molecule has 4 rings (SSSR count). The zero-order chi connectivity index (χ0) is 26.3. The molecule has 2 amide bonds. The average molecular weight is 603 g/mol. The first-order chi connectivity index (χ1) is 17.2.